The lowest BCUT2D eigenvalue weighted by atomic mass is 10.1. The normalized spacial score (nSPS) is 10.6. The van der Waals surface area contributed by atoms with Gasteiger partial charge in [0.05, 0.1) is 17.2 Å². The Hall–Kier alpha value is -2.54. The first kappa shape index (κ1) is 13.9. The van der Waals surface area contributed by atoms with Crippen molar-refractivity contribution in [3.63, 3.8) is 0 Å². The summed E-state index contributed by atoms with van der Waals surface area (Å²) in [4.78, 5) is 11.5. The maximum absolute atomic E-state index is 11.5. The third kappa shape index (κ3) is 2.30. The van der Waals surface area contributed by atoms with Gasteiger partial charge in [0, 0.05) is 17.4 Å². The molecule has 2 N–H and O–H groups in total. The molecule has 4 heteroatoms. The number of hydrogen-bond donors (Lipinski definition) is 1. The molecule has 1 aromatic carbocycles. The Bertz CT molecular complexity index is 688. The van der Waals surface area contributed by atoms with Gasteiger partial charge >= 0.3 is 0 Å². The lowest BCUT2D eigenvalue weighted by molar-refractivity contribution is 0.0999. The molecule has 2 aromatic rings. The lowest BCUT2D eigenvalue weighted by Crippen LogP contribution is -2.13. The van der Waals surface area contributed by atoms with E-state index in [-0.39, 0.29) is 6.04 Å². The number of carbonyl (C=O) groups excluding carboxylic acids is 1. The Labute approximate surface area is 118 Å². The number of hydrogen-bond acceptors (Lipinski definition) is 2. The minimum absolute atomic E-state index is 0.216. The number of carbonyl (C=O) groups is 1. The van der Waals surface area contributed by atoms with Gasteiger partial charge in [0.15, 0.2) is 0 Å². The second kappa shape index (κ2) is 5.22. The summed E-state index contributed by atoms with van der Waals surface area (Å²) >= 11 is 0. The van der Waals surface area contributed by atoms with Crippen molar-refractivity contribution in [3.05, 3.63) is 47.2 Å². The van der Waals surface area contributed by atoms with E-state index in [0.717, 1.165) is 17.0 Å². The fraction of sp³-hybridized carbons (Fsp3) is 0.250. The van der Waals surface area contributed by atoms with Crippen LogP contribution in [0.4, 0.5) is 0 Å². The molecule has 102 valence electrons. The van der Waals surface area contributed by atoms with E-state index in [2.05, 4.69) is 24.5 Å². The molecule has 0 saturated carbocycles. The highest BCUT2D eigenvalue weighted by molar-refractivity contribution is 5.95. The topological polar surface area (TPSA) is 71.8 Å². The number of primary amides is 1. The van der Waals surface area contributed by atoms with Crippen molar-refractivity contribution >= 4 is 5.91 Å². The maximum Gasteiger partial charge on any atom is 0.250 e. The Morgan fingerprint density at radius 2 is 1.90 bits per heavy atom. The van der Waals surface area contributed by atoms with Crippen molar-refractivity contribution in [2.45, 2.75) is 26.8 Å². The fourth-order valence-electron chi connectivity index (χ4n) is 2.47. The smallest absolute Gasteiger partial charge is 0.250 e. The summed E-state index contributed by atoms with van der Waals surface area (Å²) in [5.74, 6) is -0.420. The van der Waals surface area contributed by atoms with Gasteiger partial charge in [-0.05, 0) is 44.5 Å². The molecule has 1 heterocycles. The van der Waals surface area contributed by atoms with Crippen LogP contribution in [0, 0.1) is 18.3 Å². The minimum atomic E-state index is -0.420. The number of amides is 1. The van der Waals surface area contributed by atoms with Gasteiger partial charge in [-0.2, -0.15) is 5.26 Å². The molecule has 2 rings (SSSR count). The van der Waals surface area contributed by atoms with Gasteiger partial charge in [-0.1, -0.05) is 12.1 Å². The van der Waals surface area contributed by atoms with Crippen LogP contribution in [-0.4, -0.2) is 10.5 Å². The molecule has 0 atom stereocenters. The average Bonchev–Trinajstić information content (AvgIpc) is 2.76. The number of aromatic nitrogens is 1. The molecule has 20 heavy (non-hydrogen) atoms. The predicted molar refractivity (Wildman–Crippen MR) is 78.2 cm³/mol. The van der Waals surface area contributed by atoms with Crippen LogP contribution in [0.2, 0.25) is 0 Å². The van der Waals surface area contributed by atoms with Gasteiger partial charge in [0.2, 0.25) is 0 Å². The summed E-state index contributed by atoms with van der Waals surface area (Å²) in [7, 11) is 0. The number of nitrogens with zero attached hydrogens (tertiary/aromatic N) is 2. The first-order valence-corrected chi connectivity index (χ1v) is 6.48. The average molecular weight is 267 g/mol. The van der Waals surface area contributed by atoms with Crippen molar-refractivity contribution in [2.75, 3.05) is 0 Å². The molecule has 0 radical (unpaired) electrons. The molecule has 0 spiro atoms. The first-order chi connectivity index (χ1) is 9.45. The van der Waals surface area contributed by atoms with Crippen molar-refractivity contribution in [1.82, 2.24) is 4.57 Å². The maximum atomic E-state index is 11.5. The predicted octanol–water partition coefficient (Wildman–Crippen LogP) is 3.02. The standard InChI is InChI=1S/C16H17N3O/c1-10(2)19-11(3)14(16(18)20)8-15(19)13-6-4-12(9-17)5-7-13/h4-8,10H,1-3H3,(H2,18,20). The molecule has 0 saturated heterocycles. The summed E-state index contributed by atoms with van der Waals surface area (Å²) in [5.41, 5.74) is 9.35. The third-order valence-electron chi connectivity index (χ3n) is 3.38. The second-order valence-electron chi connectivity index (χ2n) is 5.05. The number of benzene rings is 1. The number of rotatable bonds is 3. The van der Waals surface area contributed by atoms with E-state index in [0.29, 0.717) is 11.1 Å². The van der Waals surface area contributed by atoms with Crippen LogP contribution >= 0.6 is 0 Å². The first-order valence-electron chi connectivity index (χ1n) is 6.48. The van der Waals surface area contributed by atoms with Gasteiger partial charge in [0.1, 0.15) is 0 Å². The summed E-state index contributed by atoms with van der Waals surface area (Å²) in [6.45, 7) is 6.02. The minimum Gasteiger partial charge on any atom is -0.366 e. The highest BCUT2D eigenvalue weighted by atomic mass is 16.1. The van der Waals surface area contributed by atoms with E-state index in [1.54, 1.807) is 12.1 Å². The quantitative estimate of drug-likeness (QED) is 0.928. The van der Waals surface area contributed by atoms with Crippen molar-refractivity contribution < 1.29 is 4.79 Å². The Morgan fingerprint density at radius 3 is 2.35 bits per heavy atom. The van der Waals surface area contributed by atoms with E-state index in [4.69, 9.17) is 11.0 Å². The van der Waals surface area contributed by atoms with Gasteiger partial charge in [-0.15, -0.1) is 0 Å². The van der Waals surface area contributed by atoms with Crippen molar-refractivity contribution in [1.29, 1.82) is 5.26 Å². The van der Waals surface area contributed by atoms with Gasteiger partial charge < -0.3 is 10.3 Å². The zero-order chi connectivity index (χ0) is 14.9. The number of nitrogens with two attached hydrogens (primary N) is 1. The summed E-state index contributed by atoms with van der Waals surface area (Å²) in [6.07, 6.45) is 0. The van der Waals surface area contributed by atoms with Crippen LogP contribution < -0.4 is 5.73 Å². The van der Waals surface area contributed by atoms with E-state index in [9.17, 15) is 4.79 Å². The summed E-state index contributed by atoms with van der Waals surface area (Å²) in [5, 5.41) is 8.85. The van der Waals surface area contributed by atoms with Crippen molar-refractivity contribution in [2.24, 2.45) is 5.73 Å². The van der Waals surface area contributed by atoms with E-state index in [1.807, 2.05) is 25.1 Å². The highest BCUT2D eigenvalue weighted by Gasteiger charge is 2.18. The highest BCUT2D eigenvalue weighted by Crippen LogP contribution is 2.29. The molecule has 0 unspecified atom stereocenters. The molecule has 0 fully saturated rings. The Balaban J connectivity index is 2.63. The lowest BCUT2D eigenvalue weighted by Gasteiger charge is -2.16. The van der Waals surface area contributed by atoms with Gasteiger partial charge in [-0.25, -0.2) is 0 Å². The zero-order valence-corrected chi connectivity index (χ0v) is 11.8. The Morgan fingerprint density at radius 1 is 1.30 bits per heavy atom. The molecule has 0 aliphatic carbocycles. The number of nitriles is 1. The molecule has 1 amide bonds. The van der Waals surface area contributed by atoms with Crippen LogP contribution in [0.5, 0.6) is 0 Å². The molecule has 0 aliphatic rings. The molecule has 4 nitrogen and oxygen atoms in total. The van der Waals surface area contributed by atoms with Crippen LogP contribution in [-0.2, 0) is 0 Å². The van der Waals surface area contributed by atoms with E-state index < -0.39 is 5.91 Å². The largest absolute Gasteiger partial charge is 0.366 e. The zero-order valence-electron chi connectivity index (χ0n) is 11.8. The van der Waals surface area contributed by atoms with Crippen LogP contribution in [0.1, 0.15) is 41.5 Å². The fourth-order valence-corrected chi connectivity index (χ4v) is 2.47. The SMILES string of the molecule is Cc1c(C(N)=O)cc(-c2ccc(C#N)cc2)n1C(C)C. The van der Waals surface area contributed by atoms with Crippen LogP contribution in [0.25, 0.3) is 11.3 Å². The van der Waals surface area contributed by atoms with Crippen LogP contribution in [0.15, 0.2) is 30.3 Å². The second-order valence-corrected chi connectivity index (χ2v) is 5.05. The molecule has 0 bridgehead atoms. The molecule has 0 aliphatic heterocycles. The summed E-state index contributed by atoms with van der Waals surface area (Å²) in [6, 6.07) is 11.4. The van der Waals surface area contributed by atoms with E-state index >= 15 is 0 Å². The van der Waals surface area contributed by atoms with Gasteiger partial charge in [0.25, 0.3) is 5.91 Å². The third-order valence-corrected chi connectivity index (χ3v) is 3.38. The monoisotopic (exact) mass is 267 g/mol. The molecule has 1 aromatic heterocycles. The van der Waals surface area contributed by atoms with Crippen molar-refractivity contribution in [3.8, 4) is 17.3 Å². The summed E-state index contributed by atoms with van der Waals surface area (Å²) < 4.78 is 2.08. The van der Waals surface area contributed by atoms with Gasteiger partial charge in [-0.3, -0.25) is 4.79 Å². The molecular formula is C16H17N3O. The Kier molecular flexibility index (Phi) is 3.62. The molecular weight excluding hydrogens is 250 g/mol. The van der Waals surface area contributed by atoms with E-state index in [1.165, 1.54) is 0 Å². The van der Waals surface area contributed by atoms with Crippen LogP contribution in [0.3, 0.4) is 0 Å².